The van der Waals surface area contributed by atoms with Crippen LogP contribution in [0, 0.1) is 34.0 Å². The maximum absolute atomic E-state index is 9.87. The molecule has 9 rings (SSSR count). The molecule has 0 N–H and O–H groups in total. The molecule has 5 nitrogen and oxygen atoms in total. The molecule has 0 aliphatic heterocycles. The third-order valence-electron chi connectivity index (χ3n) is 9.62. The molecule has 0 saturated heterocycles. The van der Waals surface area contributed by atoms with Crippen LogP contribution in [-0.4, -0.2) is 9.13 Å². The number of nitrogens with zero attached hydrogens (tertiary/aromatic N) is 5. The lowest BCUT2D eigenvalue weighted by molar-refractivity contribution is 1.18. The largest absolute Gasteiger partial charge is 0.309 e. The Morgan fingerprint density at radius 3 is 1.34 bits per heavy atom. The van der Waals surface area contributed by atoms with Crippen LogP contribution in [0.15, 0.2) is 152 Å². The van der Waals surface area contributed by atoms with Crippen molar-refractivity contribution in [3.8, 4) is 51.8 Å². The molecule has 0 bridgehead atoms. The minimum absolute atomic E-state index is 0.553. The van der Waals surface area contributed by atoms with Gasteiger partial charge in [0.1, 0.15) is 0 Å². The lowest BCUT2D eigenvalue weighted by Gasteiger charge is -2.15. The van der Waals surface area contributed by atoms with E-state index in [0.717, 1.165) is 55.4 Å². The highest BCUT2D eigenvalue weighted by Crippen LogP contribution is 2.38. The number of hydrogen-bond donors (Lipinski definition) is 0. The van der Waals surface area contributed by atoms with E-state index in [-0.39, 0.29) is 0 Å². The minimum Gasteiger partial charge on any atom is -0.309 e. The summed E-state index contributed by atoms with van der Waals surface area (Å²) in [5.41, 5.74) is 12.0. The van der Waals surface area contributed by atoms with Crippen molar-refractivity contribution in [2.45, 2.75) is 0 Å². The molecule has 2 heterocycles. The Bertz CT molecular complexity index is 2810. The molecular formula is C45H25N5. The summed E-state index contributed by atoms with van der Waals surface area (Å²) >= 11 is 0. The van der Waals surface area contributed by atoms with E-state index in [2.05, 4.69) is 124 Å². The second kappa shape index (κ2) is 11.4. The van der Waals surface area contributed by atoms with E-state index in [1.165, 1.54) is 21.8 Å². The number of hydrogen-bond acceptors (Lipinski definition) is 3. The zero-order valence-corrected chi connectivity index (χ0v) is 26.7. The number of benzene rings is 7. The summed E-state index contributed by atoms with van der Waals surface area (Å²) < 4.78 is 4.48. The molecule has 0 saturated carbocycles. The van der Waals surface area contributed by atoms with E-state index in [4.69, 9.17) is 0 Å². The highest BCUT2D eigenvalue weighted by atomic mass is 15.0. The van der Waals surface area contributed by atoms with Crippen molar-refractivity contribution in [3.63, 3.8) is 0 Å². The van der Waals surface area contributed by atoms with Gasteiger partial charge in [0.25, 0.3) is 0 Å². The van der Waals surface area contributed by atoms with Crippen molar-refractivity contribution in [1.29, 1.82) is 15.8 Å². The second-order valence-electron chi connectivity index (χ2n) is 12.4. The highest BCUT2D eigenvalue weighted by Gasteiger charge is 2.18. The molecule has 0 atom stereocenters. The maximum atomic E-state index is 9.87. The van der Waals surface area contributed by atoms with Crippen LogP contribution >= 0.6 is 0 Å². The van der Waals surface area contributed by atoms with Gasteiger partial charge in [0.2, 0.25) is 0 Å². The van der Waals surface area contributed by atoms with Crippen LogP contribution in [-0.2, 0) is 0 Å². The van der Waals surface area contributed by atoms with Gasteiger partial charge in [0, 0.05) is 32.8 Å². The number of fused-ring (bicyclic) bond motifs is 6. The molecule has 0 aliphatic rings. The molecule has 0 spiro atoms. The van der Waals surface area contributed by atoms with Gasteiger partial charge in [-0.05, 0) is 95.6 Å². The molecule has 9 aromatic rings. The Labute approximate surface area is 287 Å². The molecule has 0 unspecified atom stereocenters. The van der Waals surface area contributed by atoms with E-state index in [9.17, 15) is 15.8 Å². The van der Waals surface area contributed by atoms with Crippen molar-refractivity contribution >= 4 is 43.6 Å². The van der Waals surface area contributed by atoms with Gasteiger partial charge in [-0.3, -0.25) is 0 Å². The van der Waals surface area contributed by atoms with Gasteiger partial charge in [-0.2, -0.15) is 15.8 Å². The average molecular weight is 636 g/mol. The monoisotopic (exact) mass is 635 g/mol. The van der Waals surface area contributed by atoms with Crippen molar-refractivity contribution < 1.29 is 0 Å². The first-order valence-corrected chi connectivity index (χ1v) is 16.3. The van der Waals surface area contributed by atoms with Crippen LogP contribution < -0.4 is 0 Å². The predicted octanol–water partition coefficient (Wildman–Crippen LogP) is 10.8. The van der Waals surface area contributed by atoms with Crippen LogP contribution in [0.4, 0.5) is 0 Å². The van der Waals surface area contributed by atoms with Crippen LogP contribution in [0.25, 0.3) is 77.2 Å². The summed E-state index contributed by atoms with van der Waals surface area (Å²) in [5, 5.41) is 33.4. The number of para-hydroxylation sites is 2. The zero-order valence-electron chi connectivity index (χ0n) is 26.7. The summed E-state index contributed by atoms with van der Waals surface area (Å²) in [6.45, 7) is 0. The van der Waals surface area contributed by atoms with E-state index < -0.39 is 0 Å². The van der Waals surface area contributed by atoms with E-state index in [1.54, 1.807) is 0 Å². The Morgan fingerprint density at radius 2 is 0.800 bits per heavy atom. The number of aromatic nitrogens is 2. The van der Waals surface area contributed by atoms with Crippen molar-refractivity contribution in [3.05, 3.63) is 168 Å². The third kappa shape index (κ3) is 4.45. The quantitative estimate of drug-likeness (QED) is 0.193. The first kappa shape index (κ1) is 28.8. The SMILES string of the molecule is N#Cc1ccc(-n2c3ccc(C#N)cc3c3cc(C#N)ccc32)c(-c2ccc(-c3ccc(-n4c5ccccc5c5ccccc54)cc3)cc2)c1. The van der Waals surface area contributed by atoms with Gasteiger partial charge < -0.3 is 9.13 Å². The number of rotatable bonds is 4. The third-order valence-corrected chi connectivity index (χ3v) is 9.62. The predicted molar refractivity (Wildman–Crippen MR) is 200 cm³/mol. The van der Waals surface area contributed by atoms with Crippen molar-refractivity contribution in [1.82, 2.24) is 9.13 Å². The smallest absolute Gasteiger partial charge is 0.0991 e. The standard InChI is InChI=1S/C45H25N5/c46-26-29-9-20-43(50-44-21-10-30(27-47)24-39(44)40-25-31(28-48)11-22-45(40)50)38(23-29)34-14-12-32(13-15-34)33-16-18-35(19-17-33)49-41-7-3-1-5-36(41)37-6-2-4-8-42(37)49/h1-25H. The van der Waals surface area contributed by atoms with Crippen LogP contribution in [0.1, 0.15) is 16.7 Å². The van der Waals surface area contributed by atoms with Gasteiger partial charge in [0.05, 0.1) is 62.7 Å². The second-order valence-corrected chi connectivity index (χ2v) is 12.4. The molecule has 5 heteroatoms. The summed E-state index contributed by atoms with van der Waals surface area (Å²) in [6, 6.07) is 58.0. The molecule has 0 aliphatic carbocycles. The van der Waals surface area contributed by atoms with Gasteiger partial charge in [-0.15, -0.1) is 0 Å². The highest BCUT2D eigenvalue weighted by molar-refractivity contribution is 6.11. The summed E-state index contributed by atoms with van der Waals surface area (Å²) in [5.74, 6) is 0. The molecule has 2 aromatic heterocycles. The van der Waals surface area contributed by atoms with E-state index in [1.807, 2.05) is 54.6 Å². The fourth-order valence-electron chi connectivity index (χ4n) is 7.30. The fraction of sp³-hybridized carbons (Fsp3) is 0. The van der Waals surface area contributed by atoms with Gasteiger partial charge >= 0.3 is 0 Å². The lowest BCUT2D eigenvalue weighted by atomic mass is 9.97. The van der Waals surface area contributed by atoms with Gasteiger partial charge in [-0.25, -0.2) is 0 Å². The van der Waals surface area contributed by atoms with E-state index >= 15 is 0 Å². The van der Waals surface area contributed by atoms with Crippen molar-refractivity contribution in [2.75, 3.05) is 0 Å². The first-order valence-electron chi connectivity index (χ1n) is 16.3. The summed E-state index contributed by atoms with van der Waals surface area (Å²) in [4.78, 5) is 0. The van der Waals surface area contributed by atoms with Crippen LogP contribution in [0.2, 0.25) is 0 Å². The molecule has 0 radical (unpaired) electrons. The molecule has 0 amide bonds. The van der Waals surface area contributed by atoms with Crippen molar-refractivity contribution in [2.24, 2.45) is 0 Å². The normalized spacial score (nSPS) is 11.1. The summed E-state index contributed by atoms with van der Waals surface area (Å²) in [7, 11) is 0. The molecule has 230 valence electrons. The van der Waals surface area contributed by atoms with E-state index in [0.29, 0.717) is 16.7 Å². The Hall–Kier alpha value is -7.39. The maximum Gasteiger partial charge on any atom is 0.0991 e. The van der Waals surface area contributed by atoms with Crippen LogP contribution in [0.3, 0.4) is 0 Å². The average Bonchev–Trinajstić information content (AvgIpc) is 3.69. The Balaban J connectivity index is 1.14. The molecule has 0 fully saturated rings. The molecule has 50 heavy (non-hydrogen) atoms. The molecular weight excluding hydrogens is 611 g/mol. The zero-order chi connectivity index (χ0) is 33.8. The Kier molecular flexibility index (Phi) is 6.56. The number of nitriles is 3. The van der Waals surface area contributed by atoms with Crippen LogP contribution in [0.5, 0.6) is 0 Å². The minimum atomic E-state index is 0.553. The summed E-state index contributed by atoms with van der Waals surface area (Å²) in [6.07, 6.45) is 0. The van der Waals surface area contributed by atoms with Gasteiger partial charge in [-0.1, -0.05) is 72.8 Å². The lowest BCUT2D eigenvalue weighted by Crippen LogP contribution is -1.98. The Morgan fingerprint density at radius 1 is 0.360 bits per heavy atom. The van der Waals surface area contributed by atoms with Gasteiger partial charge in [0.15, 0.2) is 0 Å². The fourth-order valence-corrected chi connectivity index (χ4v) is 7.30. The first-order chi connectivity index (χ1) is 24.6. The topological polar surface area (TPSA) is 81.2 Å². The molecule has 7 aromatic carbocycles.